The van der Waals surface area contributed by atoms with Gasteiger partial charge >= 0.3 is 0 Å². The Balaban J connectivity index is 2.29. The maximum Gasteiger partial charge on any atom is 0.137 e. The third-order valence-electron chi connectivity index (χ3n) is 3.68. The highest BCUT2D eigenvalue weighted by atomic mass is 79.9. The van der Waals surface area contributed by atoms with Crippen molar-refractivity contribution in [3.63, 3.8) is 0 Å². The first-order valence-corrected chi connectivity index (χ1v) is 8.26. The third-order valence-corrected chi connectivity index (χ3v) is 4.57. The molecule has 2 nitrogen and oxygen atoms in total. The van der Waals surface area contributed by atoms with Crippen molar-refractivity contribution >= 4 is 15.9 Å². The van der Waals surface area contributed by atoms with Gasteiger partial charge in [-0.2, -0.15) is 0 Å². The molecule has 1 aromatic rings. The molecule has 4 heteroatoms. The summed E-state index contributed by atoms with van der Waals surface area (Å²) in [7, 11) is 0. The van der Waals surface area contributed by atoms with Crippen LogP contribution in [0.4, 0.5) is 4.39 Å². The van der Waals surface area contributed by atoms with Crippen molar-refractivity contribution in [2.75, 3.05) is 19.6 Å². The quantitative estimate of drug-likeness (QED) is 0.722. The largest absolute Gasteiger partial charge is 0.310 e. The number of benzene rings is 1. The predicted molar refractivity (Wildman–Crippen MR) is 87.4 cm³/mol. The molecule has 0 aliphatic rings. The van der Waals surface area contributed by atoms with Gasteiger partial charge < -0.3 is 10.2 Å². The van der Waals surface area contributed by atoms with Crippen LogP contribution >= 0.6 is 15.9 Å². The predicted octanol–water partition coefficient (Wildman–Crippen LogP) is 4.19. The number of hydrogen-bond donors (Lipinski definition) is 1. The smallest absolute Gasteiger partial charge is 0.137 e. The molecule has 0 saturated carbocycles. The van der Waals surface area contributed by atoms with Crippen LogP contribution in [-0.2, 0) is 6.54 Å². The van der Waals surface area contributed by atoms with Crippen LogP contribution in [0.25, 0.3) is 0 Å². The minimum Gasteiger partial charge on any atom is -0.310 e. The molecule has 1 rings (SSSR count). The normalized spacial score (nSPS) is 12.9. The molecule has 114 valence electrons. The molecular formula is C16H26BrFN2. The minimum atomic E-state index is -0.196. The number of halogens is 2. The summed E-state index contributed by atoms with van der Waals surface area (Å²) in [5, 5.41) is 3.46. The van der Waals surface area contributed by atoms with Gasteiger partial charge in [0, 0.05) is 12.6 Å². The van der Waals surface area contributed by atoms with Crippen LogP contribution in [-0.4, -0.2) is 30.6 Å². The Labute approximate surface area is 130 Å². The molecule has 0 aliphatic carbocycles. The molecule has 20 heavy (non-hydrogen) atoms. The summed E-state index contributed by atoms with van der Waals surface area (Å²) < 4.78 is 14.0. The van der Waals surface area contributed by atoms with Crippen molar-refractivity contribution in [1.82, 2.24) is 10.2 Å². The van der Waals surface area contributed by atoms with Crippen LogP contribution in [0, 0.1) is 5.82 Å². The zero-order valence-electron chi connectivity index (χ0n) is 12.8. The average Bonchev–Trinajstić information content (AvgIpc) is 2.45. The molecule has 0 saturated heterocycles. The SMILES string of the molecule is CCN(CC)CCCC(C)NCc1cccc(F)c1Br. The van der Waals surface area contributed by atoms with Crippen molar-refractivity contribution in [3.05, 3.63) is 34.1 Å². The first-order chi connectivity index (χ1) is 9.58. The summed E-state index contributed by atoms with van der Waals surface area (Å²) >= 11 is 3.30. The van der Waals surface area contributed by atoms with E-state index in [1.54, 1.807) is 6.07 Å². The number of rotatable bonds is 9. The van der Waals surface area contributed by atoms with E-state index in [0.717, 1.165) is 31.6 Å². The molecule has 0 aliphatic heterocycles. The van der Waals surface area contributed by atoms with Crippen molar-refractivity contribution in [1.29, 1.82) is 0 Å². The lowest BCUT2D eigenvalue weighted by atomic mass is 10.1. The van der Waals surface area contributed by atoms with Gasteiger partial charge in [0.15, 0.2) is 0 Å². The summed E-state index contributed by atoms with van der Waals surface area (Å²) in [6.07, 6.45) is 2.34. The first-order valence-electron chi connectivity index (χ1n) is 7.47. The van der Waals surface area contributed by atoms with Gasteiger partial charge in [-0.1, -0.05) is 26.0 Å². The topological polar surface area (TPSA) is 15.3 Å². The fourth-order valence-corrected chi connectivity index (χ4v) is 2.64. The maximum absolute atomic E-state index is 13.4. The lowest BCUT2D eigenvalue weighted by Crippen LogP contribution is -2.28. The van der Waals surface area contributed by atoms with E-state index in [4.69, 9.17) is 0 Å². The highest BCUT2D eigenvalue weighted by Crippen LogP contribution is 2.20. The van der Waals surface area contributed by atoms with Crippen LogP contribution in [0.5, 0.6) is 0 Å². The van der Waals surface area contributed by atoms with E-state index in [-0.39, 0.29) is 5.82 Å². The van der Waals surface area contributed by atoms with E-state index in [1.807, 2.05) is 6.07 Å². The van der Waals surface area contributed by atoms with Crippen LogP contribution < -0.4 is 5.32 Å². The fraction of sp³-hybridized carbons (Fsp3) is 0.625. The van der Waals surface area contributed by atoms with Gasteiger partial charge in [-0.15, -0.1) is 0 Å². The Hall–Kier alpha value is -0.450. The van der Waals surface area contributed by atoms with Crippen molar-refractivity contribution < 1.29 is 4.39 Å². The van der Waals surface area contributed by atoms with Crippen molar-refractivity contribution in [2.24, 2.45) is 0 Å². The van der Waals surface area contributed by atoms with Crippen molar-refractivity contribution in [2.45, 2.75) is 46.2 Å². The Kier molecular flexibility index (Phi) is 8.34. The molecule has 1 N–H and O–H groups in total. The highest BCUT2D eigenvalue weighted by Gasteiger charge is 2.07. The van der Waals surface area contributed by atoms with E-state index >= 15 is 0 Å². The van der Waals surface area contributed by atoms with Gasteiger partial charge in [0.05, 0.1) is 4.47 Å². The lowest BCUT2D eigenvalue weighted by Gasteiger charge is -2.20. The van der Waals surface area contributed by atoms with Gasteiger partial charge in [-0.05, 0) is 67.0 Å². The molecule has 1 atom stereocenters. The van der Waals surface area contributed by atoms with E-state index in [0.29, 0.717) is 17.1 Å². The van der Waals surface area contributed by atoms with Gasteiger partial charge in [0.25, 0.3) is 0 Å². The molecule has 0 radical (unpaired) electrons. The summed E-state index contributed by atoms with van der Waals surface area (Å²) in [6, 6.07) is 5.62. The molecular weight excluding hydrogens is 319 g/mol. The summed E-state index contributed by atoms with van der Waals surface area (Å²) in [6.45, 7) is 10.7. The molecule has 0 bridgehead atoms. The molecule has 1 unspecified atom stereocenters. The Bertz CT molecular complexity index is 394. The maximum atomic E-state index is 13.4. The Morgan fingerprint density at radius 2 is 2.00 bits per heavy atom. The monoisotopic (exact) mass is 344 g/mol. The summed E-state index contributed by atoms with van der Waals surface area (Å²) in [5.41, 5.74) is 0.973. The summed E-state index contributed by atoms with van der Waals surface area (Å²) in [5.74, 6) is -0.196. The Morgan fingerprint density at radius 3 is 2.65 bits per heavy atom. The van der Waals surface area contributed by atoms with Crippen LogP contribution in [0.2, 0.25) is 0 Å². The summed E-state index contributed by atoms with van der Waals surface area (Å²) in [4.78, 5) is 2.44. The second-order valence-corrected chi connectivity index (χ2v) is 5.96. The van der Waals surface area contributed by atoms with Gasteiger partial charge in [-0.25, -0.2) is 4.39 Å². The van der Waals surface area contributed by atoms with Gasteiger partial charge in [0.1, 0.15) is 5.82 Å². The molecule has 0 heterocycles. The molecule has 0 amide bonds. The number of nitrogens with one attached hydrogen (secondary N) is 1. The highest BCUT2D eigenvalue weighted by molar-refractivity contribution is 9.10. The standard InChI is InChI=1S/C16H26BrFN2/c1-4-20(5-2)11-7-8-13(3)19-12-14-9-6-10-15(18)16(14)17/h6,9-10,13,19H,4-5,7-8,11-12H2,1-3H3. The van der Waals surface area contributed by atoms with Gasteiger partial charge in [0.2, 0.25) is 0 Å². The Morgan fingerprint density at radius 1 is 1.30 bits per heavy atom. The lowest BCUT2D eigenvalue weighted by molar-refractivity contribution is 0.290. The van der Waals surface area contributed by atoms with Crippen LogP contribution in [0.3, 0.4) is 0 Å². The number of hydrogen-bond acceptors (Lipinski definition) is 2. The average molecular weight is 345 g/mol. The third kappa shape index (κ3) is 5.90. The zero-order chi connectivity index (χ0) is 15.0. The van der Waals surface area contributed by atoms with Crippen LogP contribution in [0.1, 0.15) is 39.2 Å². The van der Waals surface area contributed by atoms with E-state index in [1.165, 1.54) is 12.5 Å². The minimum absolute atomic E-state index is 0.196. The zero-order valence-corrected chi connectivity index (χ0v) is 14.3. The van der Waals surface area contributed by atoms with Gasteiger partial charge in [-0.3, -0.25) is 0 Å². The fourth-order valence-electron chi connectivity index (χ4n) is 2.23. The van der Waals surface area contributed by atoms with Crippen molar-refractivity contribution in [3.8, 4) is 0 Å². The number of nitrogens with zero attached hydrogens (tertiary/aromatic N) is 1. The molecule has 0 aromatic heterocycles. The first kappa shape index (κ1) is 17.6. The second-order valence-electron chi connectivity index (χ2n) is 5.16. The van der Waals surface area contributed by atoms with E-state index in [9.17, 15) is 4.39 Å². The molecule has 0 spiro atoms. The molecule has 1 aromatic carbocycles. The molecule has 0 fully saturated rings. The van der Waals surface area contributed by atoms with E-state index < -0.39 is 0 Å². The van der Waals surface area contributed by atoms with E-state index in [2.05, 4.69) is 46.9 Å². The van der Waals surface area contributed by atoms with Crippen LogP contribution in [0.15, 0.2) is 22.7 Å². The second kappa shape index (κ2) is 9.48.